The second-order valence-corrected chi connectivity index (χ2v) is 5.25. The fourth-order valence-electron chi connectivity index (χ4n) is 2.33. The van der Waals surface area contributed by atoms with Gasteiger partial charge in [0.1, 0.15) is 0 Å². The third-order valence-electron chi connectivity index (χ3n) is 3.64. The van der Waals surface area contributed by atoms with Gasteiger partial charge in [0.05, 0.1) is 13.2 Å². The van der Waals surface area contributed by atoms with Gasteiger partial charge in [-0.25, -0.2) is 4.99 Å². The summed E-state index contributed by atoms with van der Waals surface area (Å²) in [6.07, 6.45) is 0. The molecule has 6 heteroatoms. The van der Waals surface area contributed by atoms with Crippen molar-refractivity contribution in [2.75, 3.05) is 13.9 Å². The molecule has 6 nitrogen and oxygen atoms in total. The van der Waals surface area contributed by atoms with E-state index >= 15 is 0 Å². The number of nitrogens with one attached hydrogen (secondary N) is 1. The molecule has 0 radical (unpaired) electrons. The molecule has 0 fully saturated rings. The number of benzene rings is 2. The highest BCUT2D eigenvalue weighted by atomic mass is 16.7. The molecule has 1 aliphatic heterocycles. The van der Waals surface area contributed by atoms with Crippen LogP contribution in [0.1, 0.15) is 28.9 Å². The molecule has 0 bridgehead atoms. The highest BCUT2D eigenvalue weighted by Crippen LogP contribution is 2.32. The monoisotopic (exact) mass is 326 g/mol. The highest BCUT2D eigenvalue weighted by molar-refractivity contribution is 6.04. The first kappa shape index (κ1) is 15.9. The molecular formula is C18H18N2O4. The standard InChI is InChI=1S/C18H18N2O4/c1-12(13-6-4-3-5-7-13)19-18(22-2)20-17(21)14-8-9-15-16(10-14)24-11-23-15/h3-10,12H,11H2,1-2H3,(H,19,20,21)/t12-/m0/s1. The van der Waals surface area contributed by atoms with Crippen LogP contribution < -0.4 is 14.8 Å². The lowest BCUT2D eigenvalue weighted by molar-refractivity contribution is 0.0967. The third-order valence-corrected chi connectivity index (χ3v) is 3.64. The molecule has 1 heterocycles. The number of methoxy groups -OCH3 is 1. The fourth-order valence-corrected chi connectivity index (χ4v) is 2.33. The van der Waals surface area contributed by atoms with E-state index in [1.165, 1.54) is 7.11 Å². The van der Waals surface area contributed by atoms with E-state index in [4.69, 9.17) is 14.2 Å². The molecule has 1 aliphatic rings. The molecule has 2 aromatic rings. The number of aliphatic imine (C=N–C) groups is 1. The summed E-state index contributed by atoms with van der Waals surface area (Å²) in [6, 6.07) is 14.8. The van der Waals surface area contributed by atoms with E-state index in [1.54, 1.807) is 18.2 Å². The molecule has 0 aliphatic carbocycles. The van der Waals surface area contributed by atoms with Crippen molar-refractivity contribution >= 4 is 11.9 Å². The minimum atomic E-state index is -0.325. The summed E-state index contributed by atoms with van der Waals surface area (Å²) < 4.78 is 15.7. The second kappa shape index (κ2) is 7.04. The maximum Gasteiger partial charge on any atom is 0.292 e. The van der Waals surface area contributed by atoms with Crippen molar-refractivity contribution in [2.24, 2.45) is 4.99 Å². The molecule has 1 N–H and O–H groups in total. The van der Waals surface area contributed by atoms with Gasteiger partial charge in [-0.05, 0) is 30.7 Å². The summed E-state index contributed by atoms with van der Waals surface area (Å²) >= 11 is 0. The van der Waals surface area contributed by atoms with Gasteiger partial charge in [-0.2, -0.15) is 0 Å². The number of hydrogen-bond donors (Lipinski definition) is 1. The van der Waals surface area contributed by atoms with Crippen LogP contribution in [0.4, 0.5) is 0 Å². The van der Waals surface area contributed by atoms with Crippen LogP contribution in [-0.2, 0) is 4.74 Å². The molecule has 1 atom stereocenters. The van der Waals surface area contributed by atoms with Gasteiger partial charge in [-0.1, -0.05) is 30.3 Å². The molecule has 0 saturated heterocycles. The van der Waals surface area contributed by atoms with Crippen LogP contribution in [0.5, 0.6) is 11.5 Å². The average molecular weight is 326 g/mol. The number of hydrogen-bond acceptors (Lipinski definition) is 5. The van der Waals surface area contributed by atoms with E-state index in [1.807, 2.05) is 37.3 Å². The number of carbonyl (C=O) groups excluding carboxylic acids is 1. The molecular weight excluding hydrogens is 308 g/mol. The Hall–Kier alpha value is -3.02. The van der Waals surface area contributed by atoms with Gasteiger partial charge in [-0.3, -0.25) is 10.1 Å². The topological polar surface area (TPSA) is 69.2 Å². The highest BCUT2D eigenvalue weighted by Gasteiger charge is 2.17. The Bertz CT molecular complexity index is 759. The Labute approximate surface area is 140 Å². The maximum atomic E-state index is 12.4. The van der Waals surface area contributed by atoms with E-state index in [9.17, 15) is 4.79 Å². The minimum Gasteiger partial charge on any atom is -0.468 e. The molecule has 0 spiro atoms. The molecule has 0 unspecified atom stereocenters. The number of carbonyl (C=O) groups is 1. The molecule has 0 aromatic heterocycles. The number of nitrogens with zero attached hydrogens (tertiary/aromatic N) is 1. The van der Waals surface area contributed by atoms with Crippen molar-refractivity contribution in [3.05, 3.63) is 59.7 Å². The predicted octanol–water partition coefficient (Wildman–Crippen LogP) is 2.91. The summed E-state index contributed by atoms with van der Waals surface area (Å²) in [5, 5.41) is 2.67. The summed E-state index contributed by atoms with van der Waals surface area (Å²) in [7, 11) is 1.47. The lowest BCUT2D eigenvalue weighted by Gasteiger charge is -2.11. The number of fused-ring (bicyclic) bond motifs is 1. The average Bonchev–Trinajstić information content (AvgIpc) is 3.09. The van der Waals surface area contributed by atoms with Crippen molar-refractivity contribution in [1.82, 2.24) is 5.32 Å². The van der Waals surface area contributed by atoms with Crippen molar-refractivity contribution in [3.63, 3.8) is 0 Å². The summed E-state index contributed by atoms with van der Waals surface area (Å²) in [6.45, 7) is 2.10. The minimum absolute atomic E-state index is 0.141. The quantitative estimate of drug-likeness (QED) is 0.695. The van der Waals surface area contributed by atoms with E-state index in [-0.39, 0.29) is 24.8 Å². The van der Waals surface area contributed by atoms with Crippen molar-refractivity contribution in [1.29, 1.82) is 0 Å². The first-order valence-corrected chi connectivity index (χ1v) is 7.55. The van der Waals surface area contributed by atoms with E-state index in [0.29, 0.717) is 17.1 Å². The van der Waals surface area contributed by atoms with Crippen LogP contribution in [0.2, 0.25) is 0 Å². The van der Waals surface area contributed by atoms with Gasteiger partial charge >= 0.3 is 0 Å². The smallest absolute Gasteiger partial charge is 0.292 e. The molecule has 2 aromatic carbocycles. The van der Waals surface area contributed by atoms with Crippen molar-refractivity contribution in [3.8, 4) is 11.5 Å². The lowest BCUT2D eigenvalue weighted by Crippen LogP contribution is -2.32. The van der Waals surface area contributed by atoms with Gasteiger partial charge in [0.2, 0.25) is 6.79 Å². The number of amidine groups is 1. The summed E-state index contributed by atoms with van der Waals surface area (Å²) in [5.41, 5.74) is 1.47. The second-order valence-electron chi connectivity index (χ2n) is 5.25. The maximum absolute atomic E-state index is 12.4. The Morgan fingerprint density at radius 1 is 1.17 bits per heavy atom. The van der Waals surface area contributed by atoms with Gasteiger partial charge in [0.25, 0.3) is 11.9 Å². The zero-order chi connectivity index (χ0) is 16.9. The van der Waals surface area contributed by atoms with Crippen LogP contribution in [0.25, 0.3) is 0 Å². The fraction of sp³-hybridized carbons (Fsp3) is 0.222. The zero-order valence-electron chi connectivity index (χ0n) is 13.5. The van der Waals surface area contributed by atoms with E-state index in [0.717, 1.165) is 5.56 Å². The van der Waals surface area contributed by atoms with Gasteiger partial charge in [0.15, 0.2) is 11.5 Å². The number of ether oxygens (including phenoxy) is 3. The summed E-state index contributed by atoms with van der Waals surface area (Å²) in [4.78, 5) is 16.8. The first-order valence-electron chi connectivity index (χ1n) is 7.55. The van der Waals surface area contributed by atoms with Crippen molar-refractivity contribution < 1.29 is 19.0 Å². The normalized spacial score (nSPS) is 14.2. The Balaban J connectivity index is 1.72. The lowest BCUT2D eigenvalue weighted by atomic mass is 10.1. The van der Waals surface area contributed by atoms with E-state index < -0.39 is 0 Å². The largest absolute Gasteiger partial charge is 0.468 e. The first-order chi connectivity index (χ1) is 11.7. The molecule has 1 amide bonds. The van der Waals surface area contributed by atoms with Crippen LogP contribution in [0, 0.1) is 0 Å². The van der Waals surface area contributed by atoms with Crippen LogP contribution in [0.3, 0.4) is 0 Å². The third kappa shape index (κ3) is 3.48. The van der Waals surface area contributed by atoms with Gasteiger partial charge in [0, 0.05) is 5.56 Å². The van der Waals surface area contributed by atoms with Crippen LogP contribution in [0.15, 0.2) is 53.5 Å². The zero-order valence-corrected chi connectivity index (χ0v) is 13.5. The van der Waals surface area contributed by atoms with Crippen molar-refractivity contribution in [2.45, 2.75) is 13.0 Å². The summed E-state index contributed by atoms with van der Waals surface area (Å²) in [5.74, 6) is 0.857. The Kier molecular flexibility index (Phi) is 4.65. The molecule has 3 rings (SSSR count). The number of amides is 1. The Morgan fingerprint density at radius 3 is 2.67 bits per heavy atom. The SMILES string of the molecule is COC(=N[C@@H](C)c1ccccc1)NC(=O)c1ccc2c(c1)OCO2. The van der Waals surface area contributed by atoms with Crippen LogP contribution in [-0.4, -0.2) is 25.8 Å². The van der Waals surface area contributed by atoms with Gasteiger partial charge < -0.3 is 14.2 Å². The van der Waals surface area contributed by atoms with Gasteiger partial charge in [-0.15, -0.1) is 0 Å². The molecule has 124 valence electrons. The Morgan fingerprint density at radius 2 is 1.92 bits per heavy atom. The van der Waals surface area contributed by atoms with Crippen LogP contribution >= 0.6 is 0 Å². The molecule has 0 saturated carbocycles. The number of rotatable bonds is 3. The predicted molar refractivity (Wildman–Crippen MR) is 89.3 cm³/mol. The van der Waals surface area contributed by atoms with E-state index in [2.05, 4.69) is 10.3 Å². The molecule has 24 heavy (non-hydrogen) atoms.